The molecule has 3 N–H and O–H groups in total. The Hall–Kier alpha value is -4.97. The van der Waals surface area contributed by atoms with Gasteiger partial charge in [-0.1, -0.05) is 42.8 Å². The summed E-state index contributed by atoms with van der Waals surface area (Å²) in [4.78, 5) is 41.5. The third kappa shape index (κ3) is 8.51. The number of nitrogens with zero attached hydrogens (tertiary/aromatic N) is 1. The molecule has 9 heteroatoms. The van der Waals surface area contributed by atoms with Crippen molar-refractivity contribution in [2.45, 2.75) is 51.8 Å². The molecule has 3 amide bonds. The summed E-state index contributed by atoms with van der Waals surface area (Å²) < 4.78 is 10.6. The first-order valence-electron chi connectivity index (χ1n) is 13.0. The molecule has 0 fully saturated rings. The lowest BCUT2D eigenvalue weighted by molar-refractivity contribution is -0.136. The Bertz CT molecular complexity index is 1410. The lowest BCUT2D eigenvalue weighted by atomic mass is 9.99. The van der Waals surface area contributed by atoms with Crippen molar-refractivity contribution in [2.24, 2.45) is 0 Å². The van der Waals surface area contributed by atoms with Crippen LogP contribution in [0.2, 0.25) is 0 Å². The number of phenolic OH excluding ortho intramolecular Hbond substituents is 1. The second-order valence-electron chi connectivity index (χ2n) is 10.4. The number of hydrogen-bond donors (Lipinski definition) is 3. The molecule has 0 radical (unpaired) electrons. The van der Waals surface area contributed by atoms with Crippen molar-refractivity contribution in [3.05, 3.63) is 89.5 Å². The molecule has 0 saturated heterocycles. The molecule has 3 rings (SSSR count). The number of carbonyl (C=O) groups excluding carboxylic acids is 3. The van der Waals surface area contributed by atoms with Crippen LogP contribution in [0, 0.1) is 19.4 Å². The maximum atomic E-state index is 14.1. The van der Waals surface area contributed by atoms with E-state index >= 15 is 0 Å². The van der Waals surface area contributed by atoms with E-state index in [1.165, 1.54) is 19.2 Å². The van der Waals surface area contributed by atoms with Crippen molar-refractivity contribution < 1.29 is 29.0 Å². The number of amides is 3. The van der Waals surface area contributed by atoms with Crippen molar-refractivity contribution >= 4 is 23.6 Å². The number of terminal acetylenes is 1. The number of nitrogens with one attached hydrogen (secondary N) is 2. The Morgan fingerprint density at radius 2 is 1.68 bits per heavy atom. The lowest BCUT2D eigenvalue weighted by Gasteiger charge is -2.30. The molecule has 2 atom stereocenters. The maximum absolute atomic E-state index is 14.1. The Labute approximate surface area is 240 Å². The molecule has 0 aliphatic heterocycles. The van der Waals surface area contributed by atoms with Gasteiger partial charge in [0.1, 0.15) is 29.2 Å². The van der Waals surface area contributed by atoms with Gasteiger partial charge in [-0.15, -0.1) is 0 Å². The normalized spacial score (nSPS) is 12.3. The number of aryl methyl sites for hydroxylation is 1. The van der Waals surface area contributed by atoms with Gasteiger partial charge in [-0.25, -0.2) is 4.79 Å². The van der Waals surface area contributed by atoms with Crippen molar-refractivity contribution in [1.29, 1.82) is 0 Å². The van der Waals surface area contributed by atoms with Gasteiger partial charge in [0.2, 0.25) is 0 Å². The quantitative estimate of drug-likeness (QED) is 0.253. The second-order valence-corrected chi connectivity index (χ2v) is 10.4. The van der Waals surface area contributed by atoms with Gasteiger partial charge in [0.15, 0.2) is 0 Å². The molecule has 0 bridgehead atoms. The first-order chi connectivity index (χ1) is 19.4. The first-order valence-corrected chi connectivity index (χ1v) is 13.0. The van der Waals surface area contributed by atoms with Crippen LogP contribution in [0.1, 0.15) is 43.5 Å². The molecular weight excluding hydrogens is 522 g/mol. The number of alkyl carbamates (subject to hydrolysis) is 1. The topological polar surface area (TPSA) is 117 Å². The van der Waals surface area contributed by atoms with Crippen LogP contribution in [0.15, 0.2) is 72.8 Å². The number of methoxy groups -OCH3 is 1. The molecule has 214 valence electrons. The highest BCUT2D eigenvalue weighted by molar-refractivity contribution is 5.99. The molecule has 3 aromatic carbocycles. The highest BCUT2D eigenvalue weighted by Crippen LogP contribution is 2.28. The van der Waals surface area contributed by atoms with Gasteiger partial charge in [-0.05, 0) is 80.8 Å². The number of rotatable bonds is 9. The van der Waals surface area contributed by atoms with Crippen molar-refractivity contribution in [3.8, 4) is 24.0 Å². The van der Waals surface area contributed by atoms with Crippen LogP contribution >= 0.6 is 0 Å². The summed E-state index contributed by atoms with van der Waals surface area (Å²) in [6.07, 6.45) is 5.17. The van der Waals surface area contributed by atoms with Crippen LogP contribution in [-0.2, 0) is 20.7 Å². The van der Waals surface area contributed by atoms with Gasteiger partial charge < -0.3 is 25.2 Å². The number of carbonyl (C=O) groups is 3. The monoisotopic (exact) mass is 557 g/mol. The number of anilines is 1. The number of benzene rings is 3. The zero-order valence-electron chi connectivity index (χ0n) is 23.8. The Balaban J connectivity index is 2.01. The van der Waals surface area contributed by atoms with E-state index in [9.17, 15) is 19.5 Å². The number of phenols is 1. The Kier molecular flexibility index (Phi) is 9.99. The van der Waals surface area contributed by atoms with Crippen LogP contribution in [0.3, 0.4) is 0 Å². The molecule has 2 unspecified atom stereocenters. The number of ether oxygens (including phenoxy) is 2. The van der Waals surface area contributed by atoms with Crippen LogP contribution < -0.4 is 15.4 Å². The largest absolute Gasteiger partial charge is 0.508 e. The fourth-order valence-electron chi connectivity index (χ4n) is 4.08. The van der Waals surface area contributed by atoms with E-state index in [2.05, 4.69) is 16.7 Å². The van der Waals surface area contributed by atoms with Gasteiger partial charge >= 0.3 is 6.09 Å². The summed E-state index contributed by atoms with van der Waals surface area (Å²) in [6, 6.07) is 20.2. The molecule has 9 nitrogen and oxygen atoms in total. The van der Waals surface area contributed by atoms with Gasteiger partial charge in [0, 0.05) is 18.2 Å². The van der Waals surface area contributed by atoms with E-state index < -0.39 is 35.6 Å². The fourth-order valence-corrected chi connectivity index (χ4v) is 4.08. The van der Waals surface area contributed by atoms with Crippen LogP contribution in [0.25, 0.3) is 0 Å². The smallest absolute Gasteiger partial charge is 0.408 e. The van der Waals surface area contributed by atoms with Gasteiger partial charge in [-0.2, -0.15) is 0 Å². The standard InChI is InChI=1S/C32H35N3O6/c1-7-35(30(38)26(20-22-11-9-8-10-12-22)34-31(39)41-32(3,4)5)28(23-13-18-27(36)21(2)19-23)29(37)33-24-14-16-25(40-6)17-15-24/h1,8-19,26,28,36H,20H2,2-6H3,(H,33,37)(H,34,39). The summed E-state index contributed by atoms with van der Waals surface area (Å²) in [5.74, 6) is -0.661. The molecule has 0 spiro atoms. The third-order valence-corrected chi connectivity index (χ3v) is 6.05. The van der Waals surface area contributed by atoms with Gasteiger partial charge in [0.05, 0.1) is 7.11 Å². The molecule has 3 aromatic rings. The lowest BCUT2D eigenvalue weighted by Crippen LogP contribution is -2.51. The SMILES string of the molecule is C#CN(C(=O)C(Cc1ccccc1)NC(=O)OC(C)(C)C)C(C(=O)Nc1ccc(OC)cc1)c1ccc(O)c(C)c1. The van der Waals surface area contributed by atoms with Crippen molar-refractivity contribution in [3.63, 3.8) is 0 Å². The average molecular weight is 558 g/mol. The van der Waals surface area contributed by atoms with Crippen LogP contribution in [0.5, 0.6) is 11.5 Å². The molecule has 41 heavy (non-hydrogen) atoms. The van der Waals surface area contributed by atoms with E-state index in [1.807, 2.05) is 30.3 Å². The summed E-state index contributed by atoms with van der Waals surface area (Å²) in [5.41, 5.74) is 1.27. The molecule has 0 heterocycles. The fraction of sp³-hybridized carbons (Fsp3) is 0.281. The molecular formula is C32H35N3O6. The summed E-state index contributed by atoms with van der Waals surface area (Å²) in [6.45, 7) is 6.80. The number of hydrogen-bond acceptors (Lipinski definition) is 6. The van der Waals surface area contributed by atoms with E-state index in [1.54, 1.807) is 58.0 Å². The minimum atomic E-state index is -1.30. The van der Waals surface area contributed by atoms with E-state index in [-0.39, 0.29) is 12.2 Å². The summed E-state index contributed by atoms with van der Waals surface area (Å²) in [5, 5.41) is 15.5. The van der Waals surface area contributed by atoms with Gasteiger partial charge in [0.25, 0.3) is 11.8 Å². The Morgan fingerprint density at radius 1 is 1.02 bits per heavy atom. The minimum Gasteiger partial charge on any atom is -0.508 e. The summed E-state index contributed by atoms with van der Waals surface area (Å²) >= 11 is 0. The molecule has 0 aliphatic carbocycles. The average Bonchev–Trinajstić information content (AvgIpc) is 2.92. The Morgan fingerprint density at radius 3 is 2.24 bits per heavy atom. The van der Waals surface area contributed by atoms with Crippen LogP contribution in [0.4, 0.5) is 10.5 Å². The van der Waals surface area contributed by atoms with E-state index in [4.69, 9.17) is 15.9 Å². The molecule has 0 aliphatic rings. The minimum absolute atomic E-state index is 0.0233. The third-order valence-electron chi connectivity index (χ3n) is 6.05. The molecule has 0 saturated carbocycles. The highest BCUT2D eigenvalue weighted by Gasteiger charge is 2.36. The van der Waals surface area contributed by atoms with E-state index in [0.29, 0.717) is 22.6 Å². The van der Waals surface area contributed by atoms with E-state index in [0.717, 1.165) is 10.5 Å². The zero-order chi connectivity index (χ0) is 30.2. The highest BCUT2D eigenvalue weighted by atomic mass is 16.6. The number of aromatic hydroxyl groups is 1. The van der Waals surface area contributed by atoms with Crippen molar-refractivity contribution in [2.75, 3.05) is 12.4 Å². The second kappa shape index (κ2) is 13.4. The summed E-state index contributed by atoms with van der Waals surface area (Å²) in [7, 11) is 1.53. The predicted octanol–water partition coefficient (Wildman–Crippen LogP) is 4.94. The van der Waals surface area contributed by atoms with Crippen molar-refractivity contribution in [1.82, 2.24) is 10.2 Å². The van der Waals surface area contributed by atoms with Crippen LogP contribution in [-0.4, -0.2) is 46.7 Å². The first kappa shape index (κ1) is 30.6. The predicted molar refractivity (Wildman–Crippen MR) is 156 cm³/mol. The molecule has 0 aromatic heterocycles. The maximum Gasteiger partial charge on any atom is 0.408 e. The van der Waals surface area contributed by atoms with Gasteiger partial charge in [-0.3, -0.25) is 14.5 Å². The zero-order valence-corrected chi connectivity index (χ0v) is 23.8.